The van der Waals surface area contributed by atoms with E-state index in [2.05, 4.69) is 11.8 Å². The van der Waals surface area contributed by atoms with Gasteiger partial charge in [0.05, 0.1) is 0 Å². The van der Waals surface area contributed by atoms with Crippen LogP contribution < -0.4 is 0 Å². The summed E-state index contributed by atoms with van der Waals surface area (Å²) >= 11 is 0. The Morgan fingerprint density at radius 2 is 1.88 bits per heavy atom. The second-order valence-corrected chi connectivity index (χ2v) is 5.62. The van der Waals surface area contributed by atoms with E-state index in [1.807, 2.05) is 4.90 Å². The molecule has 4 heteroatoms. The quantitative estimate of drug-likeness (QED) is 0.572. The Kier molecular flexibility index (Phi) is 2.57. The van der Waals surface area contributed by atoms with Crippen molar-refractivity contribution < 1.29 is 4.79 Å². The summed E-state index contributed by atoms with van der Waals surface area (Å²) in [5.74, 6) is 1.09. The molecule has 4 nitrogen and oxygen atoms in total. The predicted molar refractivity (Wildman–Crippen MR) is 61.9 cm³/mol. The van der Waals surface area contributed by atoms with Crippen molar-refractivity contribution in [1.29, 1.82) is 0 Å². The van der Waals surface area contributed by atoms with Gasteiger partial charge < -0.3 is 14.6 Å². The van der Waals surface area contributed by atoms with Crippen molar-refractivity contribution in [3.8, 4) is 0 Å². The molecule has 2 aliphatic rings. The highest BCUT2D eigenvalue weighted by Crippen LogP contribution is 2.45. The van der Waals surface area contributed by atoms with E-state index in [4.69, 9.17) is 6.57 Å². The first kappa shape index (κ1) is 11.3. The Hall–Kier alpha value is -1.24. The van der Waals surface area contributed by atoms with Gasteiger partial charge in [-0.1, -0.05) is 0 Å². The summed E-state index contributed by atoms with van der Waals surface area (Å²) in [7, 11) is 3.58. The van der Waals surface area contributed by atoms with E-state index in [1.165, 1.54) is 0 Å². The Labute approximate surface area is 97.0 Å². The van der Waals surface area contributed by atoms with Gasteiger partial charge in [0, 0.05) is 47.0 Å². The highest BCUT2D eigenvalue weighted by molar-refractivity contribution is 5.74. The highest BCUT2D eigenvalue weighted by atomic mass is 16.2. The maximum Gasteiger partial charge on any atom is 0.319 e. The third-order valence-corrected chi connectivity index (χ3v) is 3.90. The number of hydrogen-bond acceptors (Lipinski definition) is 1. The second kappa shape index (κ2) is 3.65. The number of carbonyl (C=O) groups excluding carboxylic acids is 1. The van der Waals surface area contributed by atoms with E-state index in [0.29, 0.717) is 11.8 Å². The third kappa shape index (κ3) is 1.75. The largest absolute Gasteiger partial charge is 0.331 e. The van der Waals surface area contributed by atoms with Crippen molar-refractivity contribution in [2.75, 3.05) is 27.2 Å². The zero-order valence-corrected chi connectivity index (χ0v) is 10.2. The van der Waals surface area contributed by atoms with Crippen molar-refractivity contribution in [3.63, 3.8) is 0 Å². The lowest BCUT2D eigenvalue weighted by Crippen LogP contribution is -2.38. The van der Waals surface area contributed by atoms with Crippen LogP contribution >= 0.6 is 0 Å². The molecule has 1 aliphatic heterocycles. The van der Waals surface area contributed by atoms with Crippen LogP contribution in [0.1, 0.15) is 19.8 Å². The molecule has 0 radical (unpaired) electrons. The zero-order valence-electron chi connectivity index (χ0n) is 10.2. The van der Waals surface area contributed by atoms with Crippen LogP contribution in [0.4, 0.5) is 4.79 Å². The van der Waals surface area contributed by atoms with E-state index >= 15 is 0 Å². The number of rotatable bonds is 0. The summed E-state index contributed by atoms with van der Waals surface area (Å²) in [6, 6.07) is 0.110. The number of urea groups is 1. The van der Waals surface area contributed by atoms with Crippen LogP contribution in [-0.2, 0) is 0 Å². The minimum absolute atomic E-state index is 0.110. The summed E-state index contributed by atoms with van der Waals surface area (Å²) in [6.07, 6.45) is 1.91. The summed E-state index contributed by atoms with van der Waals surface area (Å²) in [6.45, 7) is 10.9. The number of likely N-dealkylation sites (tertiary alicyclic amines) is 1. The van der Waals surface area contributed by atoms with Gasteiger partial charge in [-0.05, 0) is 11.8 Å². The van der Waals surface area contributed by atoms with Gasteiger partial charge in [-0.25, -0.2) is 11.4 Å². The zero-order chi connectivity index (χ0) is 11.9. The number of fused-ring (bicyclic) bond motifs is 1. The fourth-order valence-electron chi connectivity index (χ4n) is 3.14. The first-order chi connectivity index (χ1) is 7.45. The molecule has 0 aromatic rings. The number of nitrogens with zero attached hydrogens (tertiary/aromatic N) is 3. The third-order valence-electron chi connectivity index (χ3n) is 3.90. The SMILES string of the molecule is [C-]#[N+]C1(C)CC2CN(C(=O)N(C)C)CC2C1. The molecule has 16 heavy (non-hydrogen) atoms. The Morgan fingerprint density at radius 1 is 1.38 bits per heavy atom. The predicted octanol–water partition coefficient (Wildman–Crippen LogP) is 1.69. The molecule has 2 atom stereocenters. The first-order valence-electron chi connectivity index (χ1n) is 5.80. The number of hydrogen-bond donors (Lipinski definition) is 0. The van der Waals surface area contributed by atoms with Crippen LogP contribution in [0.2, 0.25) is 0 Å². The lowest BCUT2D eigenvalue weighted by atomic mass is 10.00. The Balaban J connectivity index is 1.99. The van der Waals surface area contributed by atoms with Crippen molar-refractivity contribution in [1.82, 2.24) is 9.80 Å². The summed E-state index contributed by atoms with van der Waals surface area (Å²) in [4.78, 5) is 19.1. The molecule has 1 heterocycles. The van der Waals surface area contributed by atoms with Crippen molar-refractivity contribution in [3.05, 3.63) is 11.4 Å². The van der Waals surface area contributed by atoms with Crippen LogP contribution in [0.25, 0.3) is 4.85 Å². The molecule has 0 N–H and O–H groups in total. The van der Waals surface area contributed by atoms with Crippen LogP contribution in [0.15, 0.2) is 0 Å². The van der Waals surface area contributed by atoms with E-state index in [1.54, 1.807) is 19.0 Å². The van der Waals surface area contributed by atoms with Gasteiger partial charge in [-0.2, -0.15) is 0 Å². The molecule has 2 amide bonds. The molecule has 0 bridgehead atoms. The average Bonchev–Trinajstić information content (AvgIpc) is 2.71. The standard InChI is InChI=1S/C12H19N3O/c1-12(13-2)5-9-7-15(8-10(9)6-12)11(16)14(3)4/h9-10H,5-8H2,1,3-4H3. The highest BCUT2D eigenvalue weighted by Gasteiger charge is 2.51. The molecule has 2 fully saturated rings. The van der Waals surface area contributed by atoms with Crippen LogP contribution in [0.5, 0.6) is 0 Å². The number of carbonyl (C=O) groups is 1. The molecule has 1 aliphatic carbocycles. The van der Waals surface area contributed by atoms with Crippen molar-refractivity contribution >= 4 is 6.03 Å². The van der Waals surface area contributed by atoms with Crippen molar-refractivity contribution in [2.45, 2.75) is 25.3 Å². The molecular formula is C12H19N3O. The maximum absolute atomic E-state index is 11.8. The van der Waals surface area contributed by atoms with Crippen LogP contribution in [-0.4, -0.2) is 48.6 Å². The van der Waals surface area contributed by atoms with Gasteiger partial charge in [0.15, 0.2) is 0 Å². The van der Waals surface area contributed by atoms with Gasteiger partial charge in [0.1, 0.15) is 0 Å². The second-order valence-electron chi connectivity index (χ2n) is 5.62. The molecule has 1 saturated carbocycles. The molecule has 2 unspecified atom stereocenters. The molecule has 1 saturated heterocycles. The van der Waals surface area contributed by atoms with E-state index in [-0.39, 0.29) is 11.6 Å². The monoisotopic (exact) mass is 221 g/mol. The first-order valence-corrected chi connectivity index (χ1v) is 5.80. The molecular weight excluding hydrogens is 202 g/mol. The lowest BCUT2D eigenvalue weighted by Gasteiger charge is -2.23. The van der Waals surface area contributed by atoms with E-state index in [0.717, 1.165) is 25.9 Å². The van der Waals surface area contributed by atoms with Crippen LogP contribution in [0, 0.1) is 18.4 Å². The summed E-state index contributed by atoms with van der Waals surface area (Å²) in [5, 5.41) is 0. The summed E-state index contributed by atoms with van der Waals surface area (Å²) < 4.78 is 0. The van der Waals surface area contributed by atoms with Gasteiger partial charge in [-0.15, -0.1) is 0 Å². The Morgan fingerprint density at radius 3 is 2.25 bits per heavy atom. The normalized spacial score (nSPS) is 37.0. The fourth-order valence-corrected chi connectivity index (χ4v) is 3.14. The van der Waals surface area contributed by atoms with Crippen LogP contribution in [0.3, 0.4) is 0 Å². The minimum atomic E-state index is -0.164. The molecule has 0 aromatic heterocycles. The smallest absolute Gasteiger partial charge is 0.319 e. The topological polar surface area (TPSA) is 27.9 Å². The van der Waals surface area contributed by atoms with Gasteiger partial charge >= 0.3 is 6.03 Å². The molecule has 2 rings (SSSR count). The van der Waals surface area contributed by atoms with Gasteiger partial charge in [0.2, 0.25) is 5.54 Å². The number of amides is 2. The average molecular weight is 221 g/mol. The maximum atomic E-state index is 11.8. The van der Waals surface area contributed by atoms with E-state index < -0.39 is 0 Å². The molecule has 0 aromatic carbocycles. The van der Waals surface area contributed by atoms with E-state index in [9.17, 15) is 4.79 Å². The van der Waals surface area contributed by atoms with Crippen molar-refractivity contribution in [2.24, 2.45) is 11.8 Å². The minimum Gasteiger partial charge on any atom is -0.331 e. The fraction of sp³-hybridized carbons (Fsp3) is 0.833. The molecule has 88 valence electrons. The Bertz CT molecular complexity index is 331. The molecule has 0 spiro atoms. The van der Waals surface area contributed by atoms with Gasteiger partial charge in [0.25, 0.3) is 0 Å². The lowest BCUT2D eigenvalue weighted by molar-refractivity contribution is 0.177. The summed E-state index contributed by atoms with van der Waals surface area (Å²) in [5.41, 5.74) is -0.164. The van der Waals surface area contributed by atoms with Gasteiger partial charge in [-0.3, -0.25) is 0 Å².